The minimum atomic E-state index is 0.443. The summed E-state index contributed by atoms with van der Waals surface area (Å²) in [4.78, 5) is 0. The van der Waals surface area contributed by atoms with Gasteiger partial charge in [0.1, 0.15) is 0 Å². The van der Waals surface area contributed by atoms with Gasteiger partial charge in [-0.2, -0.15) is 0 Å². The molecule has 1 unspecified atom stereocenters. The molecule has 0 aromatic heterocycles. The van der Waals surface area contributed by atoms with E-state index in [1.165, 1.54) is 38.5 Å². The summed E-state index contributed by atoms with van der Waals surface area (Å²) in [6.07, 6.45) is 9.68. The van der Waals surface area contributed by atoms with Crippen molar-refractivity contribution in [1.82, 2.24) is 5.32 Å². The van der Waals surface area contributed by atoms with Crippen LogP contribution in [0.25, 0.3) is 0 Å². The van der Waals surface area contributed by atoms with Gasteiger partial charge in [0, 0.05) is 11.1 Å². The van der Waals surface area contributed by atoms with E-state index in [0.29, 0.717) is 26.6 Å². The van der Waals surface area contributed by atoms with Crippen LogP contribution < -0.4 is 10.6 Å². The zero-order chi connectivity index (χ0) is 17.6. The summed E-state index contributed by atoms with van der Waals surface area (Å²) in [5.74, 6) is 2.86. The Kier molecular flexibility index (Phi) is 4.94. The van der Waals surface area contributed by atoms with E-state index in [4.69, 9.17) is 35.4 Å². The van der Waals surface area contributed by atoms with E-state index in [2.05, 4.69) is 17.6 Å². The zero-order valence-electron chi connectivity index (χ0n) is 14.7. The topological polar surface area (TPSA) is 24.1 Å². The lowest BCUT2D eigenvalue weighted by Crippen LogP contribution is -2.57. The van der Waals surface area contributed by atoms with Crippen LogP contribution in [-0.2, 0) is 0 Å². The number of hydrogen-bond acceptors (Lipinski definition) is 1. The van der Waals surface area contributed by atoms with Gasteiger partial charge in [0.25, 0.3) is 0 Å². The van der Waals surface area contributed by atoms with Crippen LogP contribution in [0.1, 0.15) is 51.9 Å². The van der Waals surface area contributed by atoms with Gasteiger partial charge in [-0.05, 0) is 98.5 Å². The molecule has 4 fully saturated rings. The van der Waals surface area contributed by atoms with Gasteiger partial charge in [-0.15, -0.1) is 0 Å². The third kappa shape index (κ3) is 3.52. The second kappa shape index (κ2) is 6.90. The Labute approximate surface area is 166 Å². The van der Waals surface area contributed by atoms with Crippen molar-refractivity contribution in [3.05, 3.63) is 28.2 Å². The Morgan fingerprint density at radius 2 is 1.76 bits per heavy atom. The molecular weight excluding hydrogens is 371 g/mol. The minimum Gasteiger partial charge on any atom is -0.359 e. The predicted molar refractivity (Wildman–Crippen MR) is 111 cm³/mol. The summed E-state index contributed by atoms with van der Waals surface area (Å²) < 4.78 is 0. The first-order chi connectivity index (χ1) is 12.0. The fraction of sp³-hybridized carbons (Fsp3) is 0.650. The largest absolute Gasteiger partial charge is 0.359 e. The maximum Gasteiger partial charge on any atom is 0.171 e. The molecule has 1 aromatic rings. The monoisotopic (exact) mass is 396 g/mol. The van der Waals surface area contributed by atoms with Crippen molar-refractivity contribution >= 4 is 46.2 Å². The first-order valence-electron chi connectivity index (χ1n) is 9.50. The van der Waals surface area contributed by atoms with Crippen LogP contribution in [0.3, 0.4) is 0 Å². The van der Waals surface area contributed by atoms with E-state index in [0.717, 1.165) is 29.9 Å². The van der Waals surface area contributed by atoms with Crippen LogP contribution in [0.5, 0.6) is 0 Å². The molecular formula is C20H26Cl2N2S. The van der Waals surface area contributed by atoms with Crippen LogP contribution in [0.4, 0.5) is 5.69 Å². The fourth-order valence-electron chi connectivity index (χ4n) is 6.20. The average molecular weight is 397 g/mol. The summed E-state index contributed by atoms with van der Waals surface area (Å²) >= 11 is 17.9. The highest BCUT2D eigenvalue weighted by atomic mass is 35.5. The molecule has 136 valence electrons. The Morgan fingerprint density at radius 3 is 2.28 bits per heavy atom. The van der Waals surface area contributed by atoms with Crippen LogP contribution >= 0.6 is 35.4 Å². The highest BCUT2D eigenvalue weighted by Gasteiger charge is 2.53. The lowest BCUT2D eigenvalue weighted by atomic mass is 9.47. The van der Waals surface area contributed by atoms with Crippen molar-refractivity contribution in [3.8, 4) is 0 Å². The van der Waals surface area contributed by atoms with Crippen molar-refractivity contribution in [2.24, 2.45) is 23.2 Å². The number of halogens is 2. The summed E-state index contributed by atoms with van der Waals surface area (Å²) in [5, 5.41) is 8.81. The molecule has 2 N–H and O–H groups in total. The van der Waals surface area contributed by atoms with Crippen molar-refractivity contribution in [3.63, 3.8) is 0 Å². The summed E-state index contributed by atoms with van der Waals surface area (Å²) in [7, 11) is 0. The van der Waals surface area contributed by atoms with Crippen LogP contribution in [-0.4, -0.2) is 11.2 Å². The Balaban J connectivity index is 1.46. The molecule has 0 amide bonds. The van der Waals surface area contributed by atoms with Crippen molar-refractivity contribution in [2.75, 3.05) is 5.32 Å². The molecule has 1 aromatic carbocycles. The van der Waals surface area contributed by atoms with Crippen molar-refractivity contribution in [1.29, 1.82) is 0 Å². The molecule has 4 bridgehead atoms. The molecule has 5 rings (SSSR count). The number of rotatable bonds is 4. The molecule has 0 spiro atoms. The summed E-state index contributed by atoms with van der Waals surface area (Å²) in [6, 6.07) is 5.90. The smallest absolute Gasteiger partial charge is 0.171 e. The molecule has 1 atom stereocenters. The quantitative estimate of drug-likeness (QED) is 0.585. The fourth-order valence-corrected chi connectivity index (χ4v) is 6.91. The van der Waals surface area contributed by atoms with Crippen LogP contribution in [0.15, 0.2) is 18.2 Å². The number of anilines is 1. The van der Waals surface area contributed by atoms with E-state index in [1.54, 1.807) is 6.07 Å². The lowest BCUT2D eigenvalue weighted by Gasteiger charge is -2.59. The summed E-state index contributed by atoms with van der Waals surface area (Å²) in [5.41, 5.74) is 1.25. The Hall–Kier alpha value is -0.510. The van der Waals surface area contributed by atoms with Gasteiger partial charge in [-0.25, -0.2) is 0 Å². The summed E-state index contributed by atoms with van der Waals surface area (Å²) in [6.45, 7) is 2.29. The molecule has 0 heterocycles. The normalized spacial score (nSPS) is 34.0. The standard InChI is InChI=1S/C20H26Cl2N2S/c1-2-18(20-9-12-5-13(10-20)7-14(6-12)11-20)24-19(25)23-17-4-3-15(21)8-16(17)22/h3-4,8,12-14,18H,2,5-7,9-11H2,1H3,(H2,23,24,25). The second-order valence-electron chi connectivity index (χ2n) is 8.46. The van der Waals surface area contributed by atoms with Gasteiger partial charge in [0.15, 0.2) is 5.11 Å². The van der Waals surface area contributed by atoms with Gasteiger partial charge in [0.2, 0.25) is 0 Å². The molecule has 5 heteroatoms. The third-order valence-corrected chi connectivity index (χ3v) is 7.49. The highest BCUT2D eigenvalue weighted by molar-refractivity contribution is 7.80. The van der Waals surface area contributed by atoms with Gasteiger partial charge >= 0.3 is 0 Å². The van der Waals surface area contributed by atoms with Gasteiger partial charge in [0.05, 0.1) is 10.7 Å². The Morgan fingerprint density at radius 1 is 1.16 bits per heavy atom. The van der Waals surface area contributed by atoms with Gasteiger partial charge in [-0.3, -0.25) is 0 Å². The molecule has 4 aliphatic rings. The minimum absolute atomic E-state index is 0.443. The van der Waals surface area contributed by atoms with Gasteiger partial charge < -0.3 is 10.6 Å². The van der Waals surface area contributed by atoms with E-state index in [9.17, 15) is 0 Å². The number of hydrogen-bond donors (Lipinski definition) is 2. The molecule has 0 radical (unpaired) electrons. The SMILES string of the molecule is CCC(NC(=S)Nc1ccc(Cl)cc1Cl)C12CC3CC(CC(C3)C1)C2. The Bertz CT molecular complexity index is 640. The number of nitrogens with one attached hydrogen (secondary N) is 2. The average Bonchev–Trinajstić information content (AvgIpc) is 2.54. The molecule has 25 heavy (non-hydrogen) atoms. The zero-order valence-corrected chi connectivity index (χ0v) is 17.0. The highest BCUT2D eigenvalue weighted by Crippen LogP contribution is 2.61. The van der Waals surface area contributed by atoms with E-state index in [1.807, 2.05) is 12.1 Å². The molecule has 0 saturated heterocycles. The first kappa shape index (κ1) is 17.9. The van der Waals surface area contributed by atoms with Crippen LogP contribution in [0, 0.1) is 23.2 Å². The molecule has 2 nitrogen and oxygen atoms in total. The number of benzene rings is 1. The maximum absolute atomic E-state index is 6.27. The molecule has 4 saturated carbocycles. The third-order valence-electron chi connectivity index (χ3n) is 6.72. The van der Waals surface area contributed by atoms with Crippen molar-refractivity contribution < 1.29 is 0 Å². The van der Waals surface area contributed by atoms with Crippen molar-refractivity contribution in [2.45, 2.75) is 57.9 Å². The molecule has 4 aliphatic carbocycles. The van der Waals surface area contributed by atoms with Gasteiger partial charge in [-0.1, -0.05) is 30.1 Å². The van der Waals surface area contributed by atoms with E-state index < -0.39 is 0 Å². The van der Waals surface area contributed by atoms with E-state index >= 15 is 0 Å². The lowest BCUT2D eigenvalue weighted by molar-refractivity contribution is -0.0709. The number of thiocarbonyl (C=S) groups is 1. The maximum atomic E-state index is 6.27. The van der Waals surface area contributed by atoms with E-state index in [-0.39, 0.29) is 0 Å². The predicted octanol–water partition coefficient (Wildman–Crippen LogP) is 6.27. The second-order valence-corrected chi connectivity index (χ2v) is 9.72. The first-order valence-corrected chi connectivity index (χ1v) is 10.7. The van der Waals surface area contributed by atoms with Crippen LogP contribution in [0.2, 0.25) is 10.0 Å². The molecule has 0 aliphatic heterocycles.